The molecule has 0 saturated carbocycles. The maximum absolute atomic E-state index is 12.7. The van der Waals surface area contributed by atoms with Crippen molar-refractivity contribution < 1.29 is 17.7 Å². The topological polar surface area (TPSA) is 63.6 Å². The number of aryl methyl sites for hydroxylation is 1. The lowest BCUT2D eigenvalue weighted by Gasteiger charge is -2.23. The third-order valence-electron chi connectivity index (χ3n) is 4.10. The third-order valence-corrected chi connectivity index (χ3v) is 5.41. The van der Waals surface area contributed by atoms with Crippen molar-refractivity contribution in [2.75, 3.05) is 0 Å². The van der Waals surface area contributed by atoms with Gasteiger partial charge in [-0.2, -0.15) is 8.42 Å². The molecule has 3 aromatic rings. The average Bonchev–Trinajstić information content (AvgIpc) is 2.67. The van der Waals surface area contributed by atoms with E-state index in [1.807, 2.05) is 19.1 Å². The van der Waals surface area contributed by atoms with Crippen LogP contribution in [0.1, 0.15) is 28.9 Å². The van der Waals surface area contributed by atoms with Crippen LogP contribution in [0.4, 0.5) is 0 Å². The first-order valence-electron chi connectivity index (χ1n) is 8.25. The monoisotopic (exact) mass is 368 g/mol. The number of hydrogen-bond acceptors (Lipinski definition) is 4. The molecular formula is C21H20O4S. The van der Waals surface area contributed by atoms with Crippen LogP contribution < -0.4 is 0 Å². The zero-order valence-corrected chi connectivity index (χ0v) is 15.1. The lowest BCUT2D eigenvalue weighted by atomic mass is 9.98. The Balaban J connectivity index is 1.97. The summed E-state index contributed by atoms with van der Waals surface area (Å²) in [6, 6.07) is 24.2. The highest BCUT2D eigenvalue weighted by atomic mass is 32.2. The van der Waals surface area contributed by atoms with Crippen LogP contribution in [-0.4, -0.2) is 13.5 Å². The van der Waals surface area contributed by atoms with E-state index >= 15 is 0 Å². The molecule has 0 spiro atoms. The Bertz CT molecular complexity index is 936. The van der Waals surface area contributed by atoms with E-state index in [9.17, 15) is 13.5 Å². The summed E-state index contributed by atoms with van der Waals surface area (Å²) in [5.41, 5.74) is 2.12. The standard InChI is InChI=1S/C21H20O4S/c1-16-12-14-19(15-13-16)26(23,24)25-21(18-10-6-3-7-11-18)20(22)17-8-4-2-5-9-17/h2-15,20-22H,1H3/t20-,21+/m0/s1. The van der Waals surface area contributed by atoms with Gasteiger partial charge in [0.2, 0.25) is 0 Å². The molecule has 0 heterocycles. The van der Waals surface area contributed by atoms with Crippen LogP contribution >= 0.6 is 0 Å². The van der Waals surface area contributed by atoms with Gasteiger partial charge in [-0.3, -0.25) is 4.18 Å². The zero-order valence-electron chi connectivity index (χ0n) is 14.3. The summed E-state index contributed by atoms with van der Waals surface area (Å²) in [6.45, 7) is 1.88. The number of aliphatic hydroxyl groups excluding tert-OH is 1. The van der Waals surface area contributed by atoms with Crippen LogP contribution in [0, 0.1) is 6.92 Å². The van der Waals surface area contributed by atoms with E-state index in [1.54, 1.807) is 60.7 Å². The molecule has 0 saturated heterocycles. The van der Waals surface area contributed by atoms with Gasteiger partial charge >= 0.3 is 0 Å². The lowest BCUT2D eigenvalue weighted by Crippen LogP contribution is -2.19. The smallest absolute Gasteiger partial charge is 0.297 e. The van der Waals surface area contributed by atoms with Crippen molar-refractivity contribution in [1.82, 2.24) is 0 Å². The van der Waals surface area contributed by atoms with E-state index < -0.39 is 22.3 Å². The summed E-state index contributed by atoms with van der Waals surface area (Å²) in [5.74, 6) is 0. The fraction of sp³-hybridized carbons (Fsp3) is 0.143. The first-order chi connectivity index (χ1) is 12.5. The first-order valence-corrected chi connectivity index (χ1v) is 9.66. The molecule has 0 radical (unpaired) electrons. The minimum atomic E-state index is -4.04. The Morgan fingerprint density at radius 1 is 0.769 bits per heavy atom. The van der Waals surface area contributed by atoms with Crippen molar-refractivity contribution in [3.8, 4) is 0 Å². The van der Waals surface area contributed by atoms with Crippen LogP contribution in [-0.2, 0) is 14.3 Å². The predicted molar refractivity (Wildman–Crippen MR) is 100 cm³/mol. The summed E-state index contributed by atoms with van der Waals surface area (Å²) < 4.78 is 30.9. The highest BCUT2D eigenvalue weighted by Crippen LogP contribution is 2.34. The Morgan fingerprint density at radius 2 is 1.27 bits per heavy atom. The molecule has 0 aromatic heterocycles. The number of benzene rings is 3. The molecule has 4 nitrogen and oxygen atoms in total. The van der Waals surface area contributed by atoms with Crippen LogP contribution in [0.15, 0.2) is 89.8 Å². The largest absolute Gasteiger partial charge is 0.385 e. The van der Waals surface area contributed by atoms with Gasteiger partial charge in [0, 0.05) is 0 Å². The van der Waals surface area contributed by atoms with E-state index in [1.165, 1.54) is 12.1 Å². The van der Waals surface area contributed by atoms with E-state index in [0.29, 0.717) is 11.1 Å². The van der Waals surface area contributed by atoms with Gasteiger partial charge in [-0.15, -0.1) is 0 Å². The maximum atomic E-state index is 12.7. The molecule has 0 aliphatic heterocycles. The Labute approximate surface area is 153 Å². The average molecular weight is 368 g/mol. The summed E-state index contributed by atoms with van der Waals surface area (Å²) in [6.07, 6.45) is -2.18. The first kappa shape index (κ1) is 18.3. The molecule has 0 aliphatic rings. The van der Waals surface area contributed by atoms with Gasteiger partial charge in [0.25, 0.3) is 10.1 Å². The highest BCUT2D eigenvalue weighted by molar-refractivity contribution is 7.86. The lowest BCUT2D eigenvalue weighted by molar-refractivity contribution is 0.0385. The number of aliphatic hydroxyl groups is 1. The second kappa shape index (κ2) is 7.83. The van der Waals surface area contributed by atoms with E-state index in [2.05, 4.69) is 0 Å². The maximum Gasteiger partial charge on any atom is 0.297 e. The van der Waals surface area contributed by atoms with Crippen LogP contribution in [0.2, 0.25) is 0 Å². The summed E-state index contributed by atoms with van der Waals surface area (Å²) in [7, 11) is -4.04. The Morgan fingerprint density at radius 3 is 1.81 bits per heavy atom. The van der Waals surface area contributed by atoms with Crippen LogP contribution in [0.25, 0.3) is 0 Å². The molecular weight excluding hydrogens is 348 g/mol. The third kappa shape index (κ3) is 4.19. The SMILES string of the molecule is Cc1ccc(S(=O)(=O)O[C@H](c2ccccc2)[C@@H](O)c2ccccc2)cc1. The van der Waals surface area contributed by atoms with Crippen molar-refractivity contribution in [2.24, 2.45) is 0 Å². The van der Waals surface area contributed by atoms with Gasteiger partial charge in [0.1, 0.15) is 12.2 Å². The molecule has 0 aliphatic carbocycles. The minimum absolute atomic E-state index is 0.0595. The zero-order chi connectivity index (χ0) is 18.6. The molecule has 5 heteroatoms. The number of hydrogen-bond donors (Lipinski definition) is 1. The molecule has 0 fully saturated rings. The molecule has 134 valence electrons. The van der Waals surface area contributed by atoms with Crippen LogP contribution in [0.5, 0.6) is 0 Å². The Hall–Kier alpha value is -2.47. The van der Waals surface area contributed by atoms with Crippen molar-refractivity contribution in [3.63, 3.8) is 0 Å². The summed E-state index contributed by atoms with van der Waals surface area (Å²) in [4.78, 5) is 0.0595. The molecule has 0 unspecified atom stereocenters. The van der Waals surface area contributed by atoms with Crippen molar-refractivity contribution in [2.45, 2.75) is 24.0 Å². The minimum Gasteiger partial charge on any atom is -0.385 e. The molecule has 0 amide bonds. The Kier molecular flexibility index (Phi) is 5.52. The fourth-order valence-corrected chi connectivity index (χ4v) is 3.73. The van der Waals surface area contributed by atoms with Gasteiger partial charge in [-0.25, -0.2) is 0 Å². The highest BCUT2D eigenvalue weighted by Gasteiger charge is 2.30. The molecule has 1 N–H and O–H groups in total. The van der Waals surface area contributed by atoms with E-state index in [0.717, 1.165) is 5.56 Å². The molecule has 3 rings (SSSR count). The summed E-state index contributed by atoms with van der Waals surface area (Å²) >= 11 is 0. The van der Waals surface area contributed by atoms with Crippen molar-refractivity contribution in [1.29, 1.82) is 0 Å². The second-order valence-electron chi connectivity index (χ2n) is 6.05. The van der Waals surface area contributed by atoms with Crippen molar-refractivity contribution in [3.05, 3.63) is 102 Å². The van der Waals surface area contributed by atoms with Crippen molar-refractivity contribution >= 4 is 10.1 Å². The van der Waals surface area contributed by atoms with Gasteiger partial charge < -0.3 is 5.11 Å². The van der Waals surface area contributed by atoms with Gasteiger partial charge in [-0.05, 0) is 30.2 Å². The molecule has 0 bridgehead atoms. The number of rotatable bonds is 6. The van der Waals surface area contributed by atoms with E-state index in [4.69, 9.17) is 4.18 Å². The van der Waals surface area contributed by atoms with Gasteiger partial charge in [0.05, 0.1) is 4.90 Å². The quantitative estimate of drug-likeness (QED) is 0.663. The van der Waals surface area contributed by atoms with E-state index in [-0.39, 0.29) is 4.90 Å². The predicted octanol–water partition coefficient (Wildman–Crippen LogP) is 4.18. The normalized spacial score (nSPS) is 13.9. The molecule has 26 heavy (non-hydrogen) atoms. The molecule has 3 aromatic carbocycles. The second-order valence-corrected chi connectivity index (χ2v) is 7.62. The van der Waals surface area contributed by atoms with Gasteiger partial charge in [0.15, 0.2) is 0 Å². The van der Waals surface area contributed by atoms with Crippen LogP contribution in [0.3, 0.4) is 0 Å². The fourth-order valence-electron chi connectivity index (χ4n) is 2.66. The summed E-state index contributed by atoms with van der Waals surface area (Å²) in [5, 5.41) is 10.8. The molecule has 2 atom stereocenters. The van der Waals surface area contributed by atoms with Gasteiger partial charge in [-0.1, -0.05) is 78.4 Å².